The van der Waals surface area contributed by atoms with Crippen LogP contribution in [0.3, 0.4) is 0 Å². The molecule has 0 aromatic carbocycles. The lowest BCUT2D eigenvalue weighted by Gasteiger charge is -2.03. The van der Waals surface area contributed by atoms with Crippen molar-refractivity contribution in [2.24, 2.45) is 0 Å². The van der Waals surface area contributed by atoms with Crippen LogP contribution in [0.25, 0.3) is 16.4 Å². The SMILES string of the molecule is O=c1cc(CSc2nnc(-c3cccs3)o2)nc2ccc(Cl)cn12. The predicted molar refractivity (Wildman–Crippen MR) is 93.6 cm³/mol. The number of thiophene rings is 1. The summed E-state index contributed by atoms with van der Waals surface area (Å²) < 4.78 is 7.02. The largest absolute Gasteiger partial charge is 0.410 e. The maximum Gasteiger partial charge on any atom is 0.277 e. The fraction of sp³-hybridized carbons (Fsp3) is 0.0667. The molecule has 0 aliphatic carbocycles. The molecule has 9 heteroatoms. The van der Waals surface area contributed by atoms with Crippen molar-refractivity contribution in [3.05, 3.63) is 63.0 Å². The quantitative estimate of drug-likeness (QED) is 0.505. The summed E-state index contributed by atoms with van der Waals surface area (Å²) in [5, 5.41) is 10.9. The predicted octanol–water partition coefficient (Wildman–Crippen LogP) is 3.75. The molecule has 0 atom stereocenters. The molecule has 0 saturated carbocycles. The van der Waals surface area contributed by atoms with Gasteiger partial charge in [0.1, 0.15) is 5.65 Å². The normalized spacial score (nSPS) is 11.2. The number of aromatic nitrogens is 4. The smallest absolute Gasteiger partial charge is 0.277 e. The fourth-order valence-electron chi connectivity index (χ4n) is 2.10. The minimum absolute atomic E-state index is 0.178. The molecule has 4 aromatic rings. The highest BCUT2D eigenvalue weighted by atomic mass is 35.5. The van der Waals surface area contributed by atoms with Crippen molar-refractivity contribution in [3.8, 4) is 10.8 Å². The van der Waals surface area contributed by atoms with Gasteiger partial charge in [-0.2, -0.15) is 0 Å². The fourth-order valence-corrected chi connectivity index (χ4v) is 3.56. The molecule has 0 fully saturated rings. The average Bonchev–Trinajstić information content (AvgIpc) is 3.25. The molecule has 0 aliphatic heterocycles. The van der Waals surface area contributed by atoms with Crippen LogP contribution in [0.4, 0.5) is 0 Å². The highest BCUT2D eigenvalue weighted by Crippen LogP contribution is 2.27. The Labute approximate surface area is 149 Å². The summed E-state index contributed by atoms with van der Waals surface area (Å²) in [4.78, 5) is 17.5. The molecule has 0 unspecified atom stereocenters. The Morgan fingerprint density at radius 2 is 2.21 bits per heavy atom. The van der Waals surface area contributed by atoms with E-state index in [1.54, 1.807) is 18.3 Å². The lowest BCUT2D eigenvalue weighted by atomic mass is 10.4. The number of rotatable bonds is 4. The number of pyridine rings is 1. The van der Waals surface area contributed by atoms with E-state index in [-0.39, 0.29) is 5.56 Å². The van der Waals surface area contributed by atoms with Gasteiger partial charge in [0, 0.05) is 18.0 Å². The van der Waals surface area contributed by atoms with Crippen molar-refractivity contribution >= 4 is 40.3 Å². The molecule has 4 aromatic heterocycles. The van der Waals surface area contributed by atoms with Gasteiger partial charge in [-0.3, -0.25) is 9.20 Å². The second kappa shape index (κ2) is 6.39. The number of nitrogens with zero attached hydrogens (tertiary/aromatic N) is 4. The number of thioether (sulfide) groups is 1. The zero-order chi connectivity index (χ0) is 16.5. The third kappa shape index (κ3) is 3.08. The molecule has 0 amide bonds. The molecule has 4 heterocycles. The van der Waals surface area contributed by atoms with E-state index in [4.69, 9.17) is 16.0 Å². The minimum Gasteiger partial charge on any atom is -0.410 e. The maximum absolute atomic E-state index is 12.1. The zero-order valence-corrected chi connectivity index (χ0v) is 14.4. The van der Waals surface area contributed by atoms with Crippen molar-refractivity contribution in [2.45, 2.75) is 11.0 Å². The Morgan fingerprint density at radius 3 is 3.04 bits per heavy atom. The number of hydrogen-bond donors (Lipinski definition) is 0. The van der Waals surface area contributed by atoms with Crippen molar-refractivity contribution in [3.63, 3.8) is 0 Å². The maximum atomic E-state index is 12.1. The second-order valence-corrected chi connectivity index (χ2v) is 7.11. The first-order valence-corrected chi connectivity index (χ1v) is 9.11. The van der Waals surface area contributed by atoms with Crippen molar-refractivity contribution in [1.82, 2.24) is 19.6 Å². The number of hydrogen-bond acceptors (Lipinski definition) is 7. The second-order valence-electron chi connectivity index (χ2n) is 4.80. The van der Waals surface area contributed by atoms with Gasteiger partial charge in [-0.05, 0) is 23.6 Å². The van der Waals surface area contributed by atoms with Gasteiger partial charge >= 0.3 is 0 Å². The van der Waals surface area contributed by atoms with E-state index in [1.807, 2.05) is 17.5 Å². The monoisotopic (exact) mass is 376 g/mol. The lowest BCUT2D eigenvalue weighted by Crippen LogP contribution is -2.15. The summed E-state index contributed by atoms with van der Waals surface area (Å²) in [5.41, 5.74) is 1.01. The van der Waals surface area contributed by atoms with Crippen LogP contribution >= 0.6 is 34.7 Å². The molecule has 0 spiro atoms. The van der Waals surface area contributed by atoms with Crippen LogP contribution in [-0.2, 0) is 5.75 Å². The summed E-state index contributed by atoms with van der Waals surface area (Å²) in [7, 11) is 0. The molecule has 6 nitrogen and oxygen atoms in total. The van der Waals surface area contributed by atoms with E-state index < -0.39 is 0 Å². The molecule has 0 N–H and O–H groups in total. The molecule has 120 valence electrons. The third-order valence-electron chi connectivity index (χ3n) is 3.16. The molecule has 0 radical (unpaired) electrons. The van der Waals surface area contributed by atoms with E-state index in [2.05, 4.69) is 15.2 Å². The number of fused-ring (bicyclic) bond motifs is 1. The highest BCUT2D eigenvalue weighted by molar-refractivity contribution is 7.98. The van der Waals surface area contributed by atoms with Crippen molar-refractivity contribution in [2.75, 3.05) is 0 Å². The van der Waals surface area contributed by atoms with Crippen LogP contribution < -0.4 is 5.56 Å². The lowest BCUT2D eigenvalue weighted by molar-refractivity contribution is 0.466. The van der Waals surface area contributed by atoms with Crippen LogP contribution in [-0.4, -0.2) is 19.6 Å². The van der Waals surface area contributed by atoms with Crippen LogP contribution in [0.1, 0.15) is 5.69 Å². The minimum atomic E-state index is -0.178. The summed E-state index contributed by atoms with van der Waals surface area (Å²) >= 11 is 8.77. The first kappa shape index (κ1) is 15.4. The van der Waals surface area contributed by atoms with E-state index >= 15 is 0 Å². The summed E-state index contributed by atoms with van der Waals surface area (Å²) in [6.45, 7) is 0. The average molecular weight is 377 g/mol. The Hall–Kier alpha value is -2.16. The third-order valence-corrected chi connectivity index (χ3v) is 5.09. The Balaban J connectivity index is 1.55. The van der Waals surface area contributed by atoms with Crippen LogP contribution in [0.2, 0.25) is 5.02 Å². The first-order valence-electron chi connectivity index (χ1n) is 6.87. The standard InChI is InChI=1S/C15H9ClN4O2S2/c16-9-3-4-12-17-10(6-13(21)20(12)7-9)8-24-15-19-18-14(22-15)11-2-1-5-23-11/h1-7H,8H2. The van der Waals surface area contributed by atoms with Gasteiger partial charge in [0.15, 0.2) is 0 Å². The van der Waals surface area contributed by atoms with Gasteiger partial charge in [-0.25, -0.2) is 4.98 Å². The molecular formula is C15H9ClN4O2S2. The Bertz CT molecular complexity index is 1060. The van der Waals surface area contributed by atoms with E-state index in [0.717, 1.165) is 4.88 Å². The van der Waals surface area contributed by atoms with Gasteiger partial charge in [-0.1, -0.05) is 29.4 Å². The van der Waals surface area contributed by atoms with E-state index in [0.29, 0.717) is 33.2 Å². The van der Waals surface area contributed by atoms with Crippen LogP contribution in [0, 0.1) is 0 Å². The van der Waals surface area contributed by atoms with E-state index in [9.17, 15) is 4.79 Å². The van der Waals surface area contributed by atoms with Gasteiger partial charge in [0.25, 0.3) is 16.7 Å². The Kier molecular flexibility index (Phi) is 4.09. The molecule has 0 saturated heterocycles. The molecule has 4 rings (SSSR count). The van der Waals surface area contributed by atoms with Crippen LogP contribution in [0.15, 0.2) is 56.3 Å². The summed E-state index contributed by atoms with van der Waals surface area (Å²) in [6, 6.07) is 8.73. The van der Waals surface area contributed by atoms with Crippen LogP contribution in [0.5, 0.6) is 0 Å². The van der Waals surface area contributed by atoms with Gasteiger partial charge in [0.05, 0.1) is 15.6 Å². The Morgan fingerprint density at radius 1 is 1.29 bits per heavy atom. The van der Waals surface area contributed by atoms with Gasteiger partial charge in [0.2, 0.25) is 0 Å². The molecule has 24 heavy (non-hydrogen) atoms. The summed E-state index contributed by atoms with van der Waals surface area (Å²) in [5.74, 6) is 0.953. The zero-order valence-electron chi connectivity index (χ0n) is 12.0. The van der Waals surface area contributed by atoms with E-state index in [1.165, 1.54) is 33.6 Å². The topological polar surface area (TPSA) is 73.3 Å². The molecule has 0 aliphatic rings. The molecule has 0 bridgehead atoms. The first-order chi connectivity index (χ1) is 11.7. The van der Waals surface area contributed by atoms with Gasteiger partial charge in [-0.15, -0.1) is 21.5 Å². The number of halogens is 1. The van der Waals surface area contributed by atoms with Crippen molar-refractivity contribution in [1.29, 1.82) is 0 Å². The molecular weight excluding hydrogens is 368 g/mol. The summed E-state index contributed by atoms with van der Waals surface area (Å²) in [6.07, 6.45) is 1.55. The van der Waals surface area contributed by atoms with Crippen molar-refractivity contribution < 1.29 is 4.42 Å². The highest BCUT2D eigenvalue weighted by Gasteiger charge is 2.11. The van der Waals surface area contributed by atoms with Gasteiger partial charge < -0.3 is 4.42 Å².